The maximum Gasteiger partial charge on any atom is 0.324 e. The van der Waals surface area contributed by atoms with E-state index in [-0.39, 0.29) is 17.4 Å². The van der Waals surface area contributed by atoms with Crippen LogP contribution in [0.4, 0.5) is 16.3 Å². The Kier molecular flexibility index (Phi) is 8.75. The molecule has 0 bridgehead atoms. The Morgan fingerprint density at radius 3 is 2.31 bits per heavy atom. The maximum absolute atomic E-state index is 13.2. The molecule has 1 aliphatic rings. The molecule has 39 heavy (non-hydrogen) atoms. The summed E-state index contributed by atoms with van der Waals surface area (Å²) in [5.41, 5.74) is 4.70. The van der Waals surface area contributed by atoms with E-state index < -0.39 is 0 Å². The number of likely N-dealkylation sites (tertiary alicyclic amines) is 1. The van der Waals surface area contributed by atoms with Crippen molar-refractivity contribution in [2.45, 2.75) is 52.4 Å². The van der Waals surface area contributed by atoms with E-state index in [0.29, 0.717) is 18.3 Å². The van der Waals surface area contributed by atoms with Crippen molar-refractivity contribution < 1.29 is 9.59 Å². The van der Waals surface area contributed by atoms with E-state index in [9.17, 15) is 9.59 Å². The Bertz CT molecular complexity index is 1280. The molecule has 1 fully saturated rings. The second kappa shape index (κ2) is 12.0. The third-order valence-electron chi connectivity index (χ3n) is 7.19. The van der Waals surface area contributed by atoms with Crippen LogP contribution >= 0.6 is 0 Å². The maximum atomic E-state index is 13.2. The number of hydrogen-bond donors (Lipinski definition) is 2. The Labute approximate surface area is 232 Å². The third kappa shape index (κ3) is 7.47. The summed E-state index contributed by atoms with van der Waals surface area (Å²) in [4.78, 5) is 29.5. The number of amides is 3. The van der Waals surface area contributed by atoms with E-state index in [1.54, 1.807) is 4.68 Å². The lowest BCUT2D eigenvalue weighted by Gasteiger charge is -2.33. The summed E-state index contributed by atoms with van der Waals surface area (Å²) in [5.74, 6) is 1.28. The smallest absolute Gasteiger partial charge is 0.324 e. The number of aromatic nitrogens is 2. The van der Waals surface area contributed by atoms with Gasteiger partial charge in [0.2, 0.25) is 5.91 Å². The van der Waals surface area contributed by atoms with Crippen LogP contribution in [0.2, 0.25) is 0 Å². The fraction of sp³-hybridized carbons (Fsp3) is 0.452. The lowest BCUT2D eigenvalue weighted by molar-refractivity contribution is -0.133. The number of urea groups is 1. The Hall–Kier alpha value is -3.65. The van der Waals surface area contributed by atoms with Gasteiger partial charge in [-0.15, -0.1) is 0 Å². The molecular weight excluding hydrogens is 488 g/mol. The largest absolute Gasteiger partial charge is 0.342 e. The standard InChI is InChI=1S/C31H42N6O2/c1-22-11-13-25(14-12-22)37-28(20-27(34-37)31(2,3)4)33-30(39)32-26-10-8-7-9-24(26)19-23-15-17-36(18-16-23)29(38)21-35(5)6/h7-14,20,23H,15-19,21H2,1-6H3,(H2,32,33,39). The minimum absolute atomic E-state index is 0.165. The molecule has 4 rings (SSSR count). The first-order valence-electron chi connectivity index (χ1n) is 13.8. The zero-order chi connectivity index (χ0) is 28.2. The lowest BCUT2D eigenvalue weighted by atomic mass is 9.89. The number of benzene rings is 2. The first-order chi connectivity index (χ1) is 18.5. The number of piperidine rings is 1. The van der Waals surface area contributed by atoms with Crippen LogP contribution in [0.25, 0.3) is 5.69 Å². The number of rotatable bonds is 7. The van der Waals surface area contributed by atoms with Crippen LogP contribution in [0.3, 0.4) is 0 Å². The van der Waals surface area contributed by atoms with Gasteiger partial charge in [-0.05, 0) is 70.0 Å². The predicted molar refractivity (Wildman–Crippen MR) is 158 cm³/mol. The van der Waals surface area contributed by atoms with E-state index in [4.69, 9.17) is 5.10 Å². The molecular formula is C31H42N6O2. The molecule has 0 spiro atoms. The molecule has 0 unspecified atom stereocenters. The molecule has 1 aromatic heterocycles. The van der Waals surface area contributed by atoms with E-state index >= 15 is 0 Å². The quantitative estimate of drug-likeness (QED) is 0.425. The van der Waals surface area contributed by atoms with Crippen LogP contribution in [0, 0.1) is 12.8 Å². The Morgan fingerprint density at radius 1 is 1.00 bits per heavy atom. The first-order valence-corrected chi connectivity index (χ1v) is 13.8. The molecule has 8 nitrogen and oxygen atoms in total. The van der Waals surface area contributed by atoms with E-state index in [2.05, 4.69) is 37.5 Å². The number of nitrogens with one attached hydrogen (secondary N) is 2. The van der Waals surface area contributed by atoms with Crippen molar-refractivity contribution in [3.8, 4) is 5.69 Å². The number of carbonyl (C=O) groups is 2. The highest BCUT2D eigenvalue weighted by molar-refractivity contribution is 6.00. The van der Waals surface area contributed by atoms with Gasteiger partial charge < -0.3 is 15.1 Å². The highest BCUT2D eigenvalue weighted by Gasteiger charge is 2.25. The summed E-state index contributed by atoms with van der Waals surface area (Å²) in [6.07, 6.45) is 2.79. The SMILES string of the molecule is Cc1ccc(-n2nc(C(C)(C)C)cc2NC(=O)Nc2ccccc2CC2CCN(C(=O)CN(C)C)CC2)cc1. The van der Waals surface area contributed by atoms with Crippen molar-refractivity contribution in [2.24, 2.45) is 5.92 Å². The number of carbonyl (C=O) groups excluding carboxylic acids is 2. The number of likely N-dealkylation sites (N-methyl/N-ethyl adjacent to an activating group) is 1. The number of aryl methyl sites for hydroxylation is 1. The van der Waals surface area contributed by atoms with E-state index in [1.807, 2.05) is 79.3 Å². The number of anilines is 2. The van der Waals surface area contributed by atoms with Crippen molar-refractivity contribution in [1.29, 1.82) is 0 Å². The van der Waals surface area contributed by atoms with Crippen molar-refractivity contribution in [3.63, 3.8) is 0 Å². The van der Waals surface area contributed by atoms with Gasteiger partial charge in [0.25, 0.3) is 0 Å². The van der Waals surface area contributed by atoms with Crippen LogP contribution in [-0.4, -0.2) is 65.2 Å². The van der Waals surface area contributed by atoms with Gasteiger partial charge in [0.05, 0.1) is 17.9 Å². The predicted octanol–water partition coefficient (Wildman–Crippen LogP) is 5.46. The highest BCUT2D eigenvalue weighted by Crippen LogP contribution is 2.28. The number of para-hydroxylation sites is 1. The van der Waals surface area contributed by atoms with Gasteiger partial charge in [0.1, 0.15) is 5.82 Å². The summed E-state index contributed by atoms with van der Waals surface area (Å²) in [6.45, 7) is 10.4. The summed E-state index contributed by atoms with van der Waals surface area (Å²) >= 11 is 0. The molecule has 8 heteroatoms. The van der Waals surface area contributed by atoms with Crippen molar-refractivity contribution in [1.82, 2.24) is 19.6 Å². The molecule has 3 aromatic rings. The minimum Gasteiger partial charge on any atom is -0.342 e. The van der Waals surface area contributed by atoms with Crippen LogP contribution < -0.4 is 10.6 Å². The fourth-order valence-electron chi connectivity index (χ4n) is 4.88. The zero-order valence-electron chi connectivity index (χ0n) is 24.1. The minimum atomic E-state index is -0.305. The van der Waals surface area contributed by atoms with Gasteiger partial charge in [-0.3, -0.25) is 10.1 Å². The van der Waals surface area contributed by atoms with Gasteiger partial charge >= 0.3 is 6.03 Å². The topological polar surface area (TPSA) is 82.5 Å². The summed E-state index contributed by atoms with van der Waals surface area (Å²) < 4.78 is 1.79. The van der Waals surface area contributed by atoms with Gasteiger partial charge in [-0.2, -0.15) is 5.10 Å². The molecule has 0 aliphatic carbocycles. The molecule has 2 aromatic carbocycles. The lowest BCUT2D eigenvalue weighted by Crippen LogP contribution is -2.43. The normalized spacial score (nSPS) is 14.5. The van der Waals surface area contributed by atoms with Crippen LogP contribution in [0.15, 0.2) is 54.6 Å². The number of hydrogen-bond acceptors (Lipinski definition) is 4. The van der Waals surface area contributed by atoms with Gasteiger partial charge in [0.15, 0.2) is 0 Å². The van der Waals surface area contributed by atoms with E-state index in [1.165, 1.54) is 0 Å². The van der Waals surface area contributed by atoms with Crippen LogP contribution in [0.5, 0.6) is 0 Å². The van der Waals surface area contributed by atoms with Gasteiger partial charge in [-0.1, -0.05) is 56.7 Å². The first kappa shape index (κ1) is 28.4. The fourth-order valence-corrected chi connectivity index (χ4v) is 4.88. The zero-order valence-corrected chi connectivity index (χ0v) is 24.1. The Morgan fingerprint density at radius 2 is 1.67 bits per heavy atom. The van der Waals surface area contributed by atoms with Crippen molar-refractivity contribution >= 4 is 23.4 Å². The Balaban J connectivity index is 1.44. The second-order valence-corrected chi connectivity index (χ2v) is 11.9. The number of nitrogens with zero attached hydrogens (tertiary/aromatic N) is 4. The van der Waals surface area contributed by atoms with E-state index in [0.717, 1.165) is 60.5 Å². The molecule has 1 saturated heterocycles. The molecule has 208 valence electrons. The molecule has 2 N–H and O–H groups in total. The third-order valence-corrected chi connectivity index (χ3v) is 7.19. The van der Waals surface area contributed by atoms with Crippen molar-refractivity contribution in [2.75, 3.05) is 44.4 Å². The summed E-state index contributed by atoms with van der Waals surface area (Å²) in [6, 6.07) is 17.7. The molecule has 0 radical (unpaired) electrons. The monoisotopic (exact) mass is 530 g/mol. The van der Waals surface area contributed by atoms with Crippen molar-refractivity contribution in [3.05, 3.63) is 71.4 Å². The molecule has 0 saturated carbocycles. The second-order valence-electron chi connectivity index (χ2n) is 11.9. The summed E-state index contributed by atoms with van der Waals surface area (Å²) in [7, 11) is 3.84. The van der Waals surface area contributed by atoms with Gasteiger partial charge in [-0.25, -0.2) is 9.48 Å². The molecule has 2 heterocycles. The van der Waals surface area contributed by atoms with Gasteiger partial charge in [0, 0.05) is 30.3 Å². The van der Waals surface area contributed by atoms with Crippen LogP contribution in [-0.2, 0) is 16.6 Å². The average Bonchev–Trinajstić information content (AvgIpc) is 3.30. The highest BCUT2D eigenvalue weighted by atomic mass is 16.2. The average molecular weight is 531 g/mol. The summed E-state index contributed by atoms with van der Waals surface area (Å²) in [5, 5.41) is 10.9. The molecule has 3 amide bonds. The van der Waals surface area contributed by atoms with Crippen LogP contribution in [0.1, 0.15) is 50.4 Å². The molecule has 0 atom stereocenters. The molecule has 1 aliphatic heterocycles.